The van der Waals surface area contributed by atoms with E-state index in [0.717, 1.165) is 0 Å². The van der Waals surface area contributed by atoms with Crippen LogP contribution in [-0.2, 0) is 5.54 Å². The third-order valence-corrected chi connectivity index (χ3v) is 2.88. The van der Waals surface area contributed by atoms with Crippen LogP contribution in [-0.4, -0.2) is 11.0 Å². The van der Waals surface area contributed by atoms with E-state index >= 15 is 0 Å². The van der Waals surface area contributed by atoms with Gasteiger partial charge in [0.1, 0.15) is 11.6 Å². The zero-order valence-corrected chi connectivity index (χ0v) is 11.4. The van der Waals surface area contributed by atoms with Crippen LogP contribution < -0.4 is 10.6 Å². The molecule has 20 heavy (non-hydrogen) atoms. The molecule has 1 aromatic heterocycles. The average Bonchev–Trinajstić information content (AvgIpc) is 2.39. The molecule has 0 atom stereocenters. The molecule has 0 spiro atoms. The minimum Gasteiger partial charge on any atom is -0.329 e. The van der Waals surface area contributed by atoms with Crippen molar-refractivity contribution in [2.45, 2.75) is 19.4 Å². The standard InChI is InChI=1S/C15H16FN3O/c1-15(2,11-6-5-7-12(16)10-11)19-14(20)18-13-8-3-4-9-17-13/h3-10H,1-2H3,(H2,17,18,19,20). The maximum absolute atomic E-state index is 13.2. The summed E-state index contributed by atoms with van der Waals surface area (Å²) in [6.45, 7) is 3.61. The second-order valence-corrected chi connectivity index (χ2v) is 4.93. The molecule has 4 nitrogen and oxygen atoms in total. The Balaban J connectivity index is 2.06. The highest BCUT2D eigenvalue weighted by Crippen LogP contribution is 2.20. The predicted octanol–water partition coefficient (Wildman–Crippen LogP) is 3.28. The average molecular weight is 273 g/mol. The zero-order chi connectivity index (χ0) is 14.6. The molecule has 0 radical (unpaired) electrons. The van der Waals surface area contributed by atoms with Crippen molar-refractivity contribution in [3.63, 3.8) is 0 Å². The molecule has 0 aliphatic carbocycles. The number of anilines is 1. The highest BCUT2D eigenvalue weighted by atomic mass is 19.1. The molecule has 0 saturated heterocycles. The fourth-order valence-electron chi connectivity index (χ4n) is 1.82. The number of halogens is 1. The van der Waals surface area contributed by atoms with Crippen molar-refractivity contribution in [1.29, 1.82) is 0 Å². The summed E-state index contributed by atoms with van der Waals surface area (Å²) in [5.41, 5.74) is -0.00490. The zero-order valence-electron chi connectivity index (χ0n) is 11.4. The number of nitrogens with zero attached hydrogens (tertiary/aromatic N) is 1. The highest BCUT2D eigenvalue weighted by molar-refractivity contribution is 5.88. The SMILES string of the molecule is CC(C)(NC(=O)Nc1ccccn1)c1cccc(F)c1. The third-order valence-electron chi connectivity index (χ3n) is 2.88. The first-order valence-electron chi connectivity index (χ1n) is 6.23. The lowest BCUT2D eigenvalue weighted by molar-refractivity contribution is 0.241. The molecule has 0 aliphatic rings. The van der Waals surface area contributed by atoms with E-state index in [1.165, 1.54) is 12.1 Å². The molecule has 0 bridgehead atoms. The molecule has 2 aromatic rings. The van der Waals surface area contributed by atoms with E-state index in [0.29, 0.717) is 11.4 Å². The lowest BCUT2D eigenvalue weighted by Crippen LogP contribution is -2.43. The Morgan fingerprint density at radius 3 is 2.65 bits per heavy atom. The molecule has 0 unspecified atom stereocenters. The van der Waals surface area contributed by atoms with E-state index in [9.17, 15) is 9.18 Å². The van der Waals surface area contributed by atoms with Gasteiger partial charge < -0.3 is 5.32 Å². The largest absolute Gasteiger partial charge is 0.329 e. The van der Waals surface area contributed by atoms with Gasteiger partial charge in [-0.05, 0) is 43.7 Å². The van der Waals surface area contributed by atoms with Crippen molar-refractivity contribution in [2.24, 2.45) is 0 Å². The van der Waals surface area contributed by atoms with Crippen LogP contribution >= 0.6 is 0 Å². The van der Waals surface area contributed by atoms with E-state index in [-0.39, 0.29) is 5.82 Å². The second kappa shape index (κ2) is 5.69. The molecular formula is C15H16FN3O. The number of aromatic nitrogens is 1. The summed E-state index contributed by atoms with van der Waals surface area (Å²) in [7, 11) is 0. The maximum atomic E-state index is 13.2. The van der Waals surface area contributed by atoms with Crippen LogP contribution in [0.5, 0.6) is 0 Å². The van der Waals surface area contributed by atoms with Gasteiger partial charge in [-0.3, -0.25) is 5.32 Å². The van der Waals surface area contributed by atoms with Crippen LogP contribution in [0.1, 0.15) is 19.4 Å². The van der Waals surface area contributed by atoms with Gasteiger partial charge in [-0.25, -0.2) is 14.2 Å². The van der Waals surface area contributed by atoms with Gasteiger partial charge in [-0.1, -0.05) is 18.2 Å². The van der Waals surface area contributed by atoms with Crippen molar-refractivity contribution >= 4 is 11.8 Å². The Kier molecular flexibility index (Phi) is 3.98. The summed E-state index contributed by atoms with van der Waals surface area (Å²) in [5, 5.41) is 5.42. The van der Waals surface area contributed by atoms with Crippen LogP contribution in [0.25, 0.3) is 0 Å². The summed E-state index contributed by atoms with van der Waals surface area (Å²) < 4.78 is 13.2. The Morgan fingerprint density at radius 1 is 1.20 bits per heavy atom. The first-order chi connectivity index (χ1) is 9.47. The topological polar surface area (TPSA) is 54.0 Å². The molecular weight excluding hydrogens is 257 g/mol. The lowest BCUT2D eigenvalue weighted by atomic mass is 9.94. The van der Waals surface area contributed by atoms with E-state index < -0.39 is 11.6 Å². The third kappa shape index (κ3) is 3.54. The molecule has 0 fully saturated rings. The van der Waals surface area contributed by atoms with E-state index in [2.05, 4.69) is 15.6 Å². The van der Waals surface area contributed by atoms with Gasteiger partial charge >= 0.3 is 6.03 Å². The van der Waals surface area contributed by atoms with E-state index in [4.69, 9.17) is 0 Å². The first kappa shape index (κ1) is 14.0. The number of hydrogen-bond acceptors (Lipinski definition) is 2. The van der Waals surface area contributed by atoms with Crippen LogP contribution in [0, 0.1) is 5.82 Å². The van der Waals surface area contributed by atoms with Gasteiger partial charge in [-0.2, -0.15) is 0 Å². The number of rotatable bonds is 3. The molecule has 1 aromatic carbocycles. The Morgan fingerprint density at radius 2 is 2.00 bits per heavy atom. The van der Waals surface area contributed by atoms with Crippen molar-refractivity contribution in [1.82, 2.24) is 10.3 Å². The summed E-state index contributed by atoms with van der Waals surface area (Å²) in [5.74, 6) is 0.127. The van der Waals surface area contributed by atoms with Crippen molar-refractivity contribution in [3.8, 4) is 0 Å². The number of hydrogen-bond donors (Lipinski definition) is 2. The number of carbonyl (C=O) groups is 1. The summed E-state index contributed by atoms with van der Waals surface area (Å²) >= 11 is 0. The van der Waals surface area contributed by atoms with Crippen LogP contribution in [0.4, 0.5) is 15.0 Å². The van der Waals surface area contributed by atoms with Crippen LogP contribution in [0.15, 0.2) is 48.7 Å². The molecule has 104 valence electrons. The molecule has 5 heteroatoms. The van der Waals surface area contributed by atoms with Crippen molar-refractivity contribution in [2.75, 3.05) is 5.32 Å². The molecule has 2 amide bonds. The fraction of sp³-hybridized carbons (Fsp3) is 0.200. The number of carbonyl (C=O) groups excluding carboxylic acids is 1. The second-order valence-electron chi connectivity index (χ2n) is 4.93. The van der Waals surface area contributed by atoms with Gasteiger partial charge in [-0.15, -0.1) is 0 Å². The summed E-state index contributed by atoms with van der Waals surface area (Å²) in [6, 6.07) is 11.0. The number of pyridine rings is 1. The van der Waals surface area contributed by atoms with Gasteiger partial charge in [0.25, 0.3) is 0 Å². The normalized spacial score (nSPS) is 10.9. The van der Waals surface area contributed by atoms with E-state index in [1.807, 2.05) is 0 Å². The highest BCUT2D eigenvalue weighted by Gasteiger charge is 2.23. The van der Waals surface area contributed by atoms with Crippen molar-refractivity contribution < 1.29 is 9.18 Å². The van der Waals surface area contributed by atoms with Gasteiger partial charge in [0, 0.05) is 6.20 Å². The summed E-state index contributed by atoms with van der Waals surface area (Å²) in [4.78, 5) is 15.9. The first-order valence-corrected chi connectivity index (χ1v) is 6.23. The monoisotopic (exact) mass is 273 g/mol. The molecule has 2 rings (SSSR count). The molecule has 0 saturated carbocycles. The fourth-order valence-corrected chi connectivity index (χ4v) is 1.82. The quantitative estimate of drug-likeness (QED) is 0.901. The van der Waals surface area contributed by atoms with Crippen LogP contribution in [0.3, 0.4) is 0 Å². The van der Waals surface area contributed by atoms with Gasteiger partial charge in [0.2, 0.25) is 0 Å². The predicted molar refractivity (Wildman–Crippen MR) is 75.8 cm³/mol. The summed E-state index contributed by atoms with van der Waals surface area (Å²) in [6.07, 6.45) is 1.59. The van der Waals surface area contributed by atoms with Crippen LogP contribution in [0.2, 0.25) is 0 Å². The molecule has 1 heterocycles. The minimum atomic E-state index is -0.693. The number of urea groups is 1. The smallest absolute Gasteiger partial charge is 0.321 e. The molecule has 0 aliphatic heterocycles. The molecule has 2 N–H and O–H groups in total. The van der Waals surface area contributed by atoms with E-state index in [1.54, 1.807) is 50.4 Å². The Hall–Kier alpha value is -2.43. The van der Waals surface area contributed by atoms with Crippen molar-refractivity contribution in [3.05, 3.63) is 60.0 Å². The minimum absolute atomic E-state index is 0.331. The number of amides is 2. The van der Waals surface area contributed by atoms with Gasteiger partial charge in [0.15, 0.2) is 0 Å². The number of nitrogens with one attached hydrogen (secondary N) is 2. The lowest BCUT2D eigenvalue weighted by Gasteiger charge is -2.27. The Bertz CT molecular complexity index is 599. The number of benzene rings is 1. The van der Waals surface area contributed by atoms with Gasteiger partial charge in [0.05, 0.1) is 5.54 Å². The Labute approximate surface area is 117 Å². The maximum Gasteiger partial charge on any atom is 0.321 e.